The lowest BCUT2D eigenvalue weighted by atomic mass is 9.44. The molecule has 0 radical (unpaired) electrons. The van der Waals surface area contributed by atoms with Crippen LogP contribution >= 0.6 is 0 Å². The van der Waals surface area contributed by atoms with Crippen molar-refractivity contribution in [2.45, 2.75) is 70.6 Å². The van der Waals surface area contributed by atoms with Gasteiger partial charge in [0.1, 0.15) is 0 Å². The molecule has 5 rings (SSSR count). The third-order valence-electron chi connectivity index (χ3n) is 7.61. The summed E-state index contributed by atoms with van der Waals surface area (Å²) < 4.78 is 5.23. The van der Waals surface area contributed by atoms with Gasteiger partial charge >= 0.3 is 12.2 Å². The standard InChI is InChI=1S/C20H31N3O5/c1-10(2)28-18(25)22-14-3-4-23(19(26)27)16(14)15-12-5-11-6-13(15)9-20(7-11,8-12)17(21)24/h10-16H,3-9H2,1-2H3,(H2,21,24)(H,22,25)(H,26,27). The maximum atomic E-state index is 12.2. The predicted octanol–water partition coefficient (Wildman–Crippen LogP) is 2.17. The maximum absolute atomic E-state index is 12.2. The lowest BCUT2D eigenvalue weighted by Crippen LogP contribution is -2.62. The van der Waals surface area contributed by atoms with Crippen molar-refractivity contribution in [3.05, 3.63) is 0 Å². The quantitative estimate of drug-likeness (QED) is 0.676. The monoisotopic (exact) mass is 393 g/mol. The van der Waals surface area contributed by atoms with Crippen LogP contribution in [0.2, 0.25) is 0 Å². The van der Waals surface area contributed by atoms with Crippen molar-refractivity contribution in [3.63, 3.8) is 0 Å². The molecule has 0 aromatic carbocycles. The van der Waals surface area contributed by atoms with Gasteiger partial charge in [-0.05, 0) is 76.0 Å². The summed E-state index contributed by atoms with van der Waals surface area (Å²) in [6.07, 6.45) is 3.39. The van der Waals surface area contributed by atoms with Crippen LogP contribution in [0.4, 0.5) is 9.59 Å². The fourth-order valence-electron chi connectivity index (χ4n) is 6.99. The largest absolute Gasteiger partial charge is 0.465 e. The number of alkyl carbamates (subject to hydrolysis) is 1. The third kappa shape index (κ3) is 3.10. The Balaban J connectivity index is 1.58. The van der Waals surface area contributed by atoms with Crippen molar-refractivity contribution in [2.24, 2.45) is 34.8 Å². The summed E-state index contributed by atoms with van der Waals surface area (Å²) in [5.74, 6) is 1.05. The number of ether oxygens (including phenoxy) is 1. The van der Waals surface area contributed by atoms with Crippen molar-refractivity contribution >= 4 is 18.1 Å². The average molecular weight is 393 g/mol. The van der Waals surface area contributed by atoms with Crippen LogP contribution in [0.1, 0.15) is 52.4 Å². The molecule has 4 aliphatic carbocycles. The molecule has 4 saturated carbocycles. The van der Waals surface area contributed by atoms with Crippen LogP contribution in [0.15, 0.2) is 0 Å². The maximum Gasteiger partial charge on any atom is 0.407 e. The molecule has 4 N–H and O–H groups in total. The van der Waals surface area contributed by atoms with E-state index in [4.69, 9.17) is 10.5 Å². The van der Waals surface area contributed by atoms with E-state index >= 15 is 0 Å². The molecule has 3 amide bonds. The number of nitrogens with one attached hydrogen (secondary N) is 1. The second-order valence-electron chi connectivity index (χ2n) is 9.65. The Morgan fingerprint density at radius 3 is 2.36 bits per heavy atom. The van der Waals surface area contributed by atoms with E-state index in [1.165, 1.54) is 4.90 Å². The zero-order valence-corrected chi connectivity index (χ0v) is 16.6. The van der Waals surface area contributed by atoms with Gasteiger partial charge in [-0.2, -0.15) is 0 Å². The molecule has 4 bridgehead atoms. The van der Waals surface area contributed by atoms with Crippen LogP contribution in [0.3, 0.4) is 0 Å². The lowest BCUT2D eigenvalue weighted by molar-refractivity contribution is -0.154. The number of rotatable bonds is 4. The fourth-order valence-corrected chi connectivity index (χ4v) is 6.99. The SMILES string of the molecule is CC(C)OC(=O)NC1CCN(C(=O)O)C1C1C2CC3CC1CC(C(N)=O)(C3)C2. The highest BCUT2D eigenvalue weighted by Gasteiger charge is 2.61. The molecule has 8 heteroatoms. The first kappa shape index (κ1) is 19.3. The van der Waals surface area contributed by atoms with E-state index in [2.05, 4.69) is 5.32 Å². The highest BCUT2D eigenvalue weighted by molar-refractivity contribution is 5.81. The van der Waals surface area contributed by atoms with Gasteiger partial charge in [0.05, 0.1) is 18.2 Å². The first-order chi connectivity index (χ1) is 13.2. The normalized spacial score (nSPS) is 41.3. The van der Waals surface area contributed by atoms with Crippen molar-refractivity contribution in [1.29, 1.82) is 0 Å². The third-order valence-corrected chi connectivity index (χ3v) is 7.61. The second kappa shape index (κ2) is 6.81. The number of nitrogens with two attached hydrogens (primary N) is 1. The van der Waals surface area contributed by atoms with Crippen molar-refractivity contribution in [3.8, 4) is 0 Å². The van der Waals surface area contributed by atoms with E-state index in [9.17, 15) is 19.5 Å². The van der Waals surface area contributed by atoms with Crippen LogP contribution < -0.4 is 11.1 Å². The molecule has 156 valence electrons. The number of amides is 3. The molecule has 5 aliphatic rings. The molecule has 8 nitrogen and oxygen atoms in total. The average Bonchev–Trinajstić information content (AvgIpc) is 2.96. The molecule has 1 saturated heterocycles. The van der Waals surface area contributed by atoms with Gasteiger partial charge in [-0.3, -0.25) is 4.79 Å². The predicted molar refractivity (Wildman–Crippen MR) is 100 cm³/mol. The molecule has 1 aliphatic heterocycles. The summed E-state index contributed by atoms with van der Waals surface area (Å²) in [6, 6.07) is -0.522. The minimum absolute atomic E-state index is 0.159. The zero-order chi connectivity index (χ0) is 20.2. The number of nitrogens with zero attached hydrogens (tertiary/aromatic N) is 1. The number of likely N-dealkylation sites (tertiary alicyclic amines) is 1. The second-order valence-corrected chi connectivity index (χ2v) is 9.65. The number of carbonyl (C=O) groups is 3. The van der Waals surface area contributed by atoms with E-state index in [1.807, 2.05) is 0 Å². The Morgan fingerprint density at radius 2 is 1.82 bits per heavy atom. The number of carboxylic acid groups (broad SMARTS) is 1. The smallest absolute Gasteiger partial charge is 0.407 e. The van der Waals surface area contributed by atoms with Crippen molar-refractivity contribution in [1.82, 2.24) is 10.2 Å². The van der Waals surface area contributed by atoms with Crippen LogP contribution in [-0.4, -0.2) is 52.8 Å². The fraction of sp³-hybridized carbons (Fsp3) is 0.850. The van der Waals surface area contributed by atoms with E-state index in [-0.39, 0.29) is 41.8 Å². The first-order valence-corrected chi connectivity index (χ1v) is 10.5. The van der Waals surface area contributed by atoms with E-state index in [0.29, 0.717) is 18.9 Å². The molecule has 0 spiro atoms. The van der Waals surface area contributed by atoms with Gasteiger partial charge < -0.3 is 25.8 Å². The Bertz CT molecular complexity index is 665. The summed E-state index contributed by atoms with van der Waals surface area (Å²) in [7, 11) is 0. The van der Waals surface area contributed by atoms with Gasteiger partial charge in [0, 0.05) is 12.0 Å². The Labute approximate surface area is 165 Å². The lowest BCUT2D eigenvalue weighted by Gasteiger charge is -2.61. The Morgan fingerprint density at radius 1 is 1.18 bits per heavy atom. The first-order valence-electron chi connectivity index (χ1n) is 10.5. The van der Waals surface area contributed by atoms with Gasteiger partial charge in [0.2, 0.25) is 5.91 Å². The molecule has 4 atom stereocenters. The zero-order valence-electron chi connectivity index (χ0n) is 16.6. The Kier molecular flexibility index (Phi) is 4.70. The summed E-state index contributed by atoms with van der Waals surface area (Å²) in [5.41, 5.74) is 5.38. The highest BCUT2D eigenvalue weighted by Crippen LogP contribution is 2.63. The minimum atomic E-state index is -0.940. The molecular formula is C20H31N3O5. The number of primary amides is 1. The molecule has 1 heterocycles. The number of carbonyl (C=O) groups excluding carboxylic acids is 2. The van der Waals surface area contributed by atoms with Crippen LogP contribution in [0, 0.1) is 29.1 Å². The van der Waals surface area contributed by atoms with E-state index < -0.39 is 17.6 Å². The summed E-state index contributed by atoms with van der Waals surface area (Å²) in [5, 5.41) is 12.7. The molecule has 0 aromatic heterocycles. The molecule has 4 unspecified atom stereocenters. The minimum Gasteiger partial charge on any atom is -0.465 e. The van der Waals surface area contributed by atoms with Crippen molar-refractivity contribution in [2.75, 3.05) is 6.54 Å². The molecule has 28 heavy (non-hydrogen) atoms. The molecule has 5 fully saturated rings. The van der Waals surface area contributed by atoms with Crippen LogP contribution in [0.5, 0.6) is 0 Å². The van der Waals surface area contributed by atoms with E-state index in [0.717, 1.165) is 32.1 Å². The van der Waals surface area contributed by atoms with Gasteiger partial charge in [0.15, 0.2) is 0 Å². The van der Waals surface area contributed by atoms with Crippen LogP contribution in [-0.2, 0) is 9.53 Å². The van der Waals surface area contributed by atoms with E-state index in [1.54, 1.807) is 13.8 Å². The van der Waals surface area contributed by atoms with Gasteiger partial charge in [-0.1, -0.05) is 0 Å². The molecule has 0 aromatic rings. The number of hydrogen-bond donors (Lipinski definition) is 3. The highest BCUT2D eigenvalue weighted by atomic mass is 16.6. The van der Waals surface area contributed by atoms with Gasteiger partial charge in [0.25, 0.3) is 0 Å². The van der Waals surface area contributed by atoms with Crippen molar-refractivity contribution < 1.29 is 24.2 Å². The summed E-state index contributed by atoms with van der Waals surface area (Å²) in [4.78, 5) is 37.8. The summed E-state index contributed by atoms with van der Waals surface area (Å²) >= 11 is 0. The topological polar surface area (TPSA) is 122 Å². The number of hydrogen-bond acceptors (Lipinski definition) is 4. The summed E-state index contributed by atoms with van der Waals surface area (Å²) in [6.45, 7) is 3.99. The Hall–Kier alpha value is -1.99. The van der Waals surface area contributed by atoms with Crippen LogP contribution in [0.25, 0.3) is 0 Å². The van der Waals surface area contributed by atoms with Gasteiger partial charge in [-0.25, -0.2) is 9.59 Å². The molecular weight excluding hydrogens is 362 g/mol. The van der Waals surface area contributed by atoms with Gasteiger partial charge in [-0.15, -0.1) is 0 Å².